The van der Waals surface area contributed by atoms with E-state index in [1.807, 2.05) is 0 Å². The summed E-state index contributed by atoms with van der Waals surface area (Å²) in [6.45, 7) is 3.99. The van der Waals surface area contributed by atoms with E-state index in [0.29, 0.717) is 23.5 Å². The van der Waals surface area contributed by atoms with Crippen LogP contribution in [0.4, 0.5) is 5.69 Å². The topological polar surface area (TPSA) is 143 Å². The van der Waals surface area contributed by atoms with Crippen LogP contribution in [0.15, 0.2) is 46.8 Å². The number of esters is 2. The molecule has 3 N–H and O–H groups in total. The zero-order valence-electron chi connectivity index (χ0n) is 17.1. The first-order valence-corrected chi connectivity index (χ1v) is 9.34. The highest BCUT2D eigenvalue weighted by atomic mass is 16.6. The van der Waals surface area contributed by atoms with E-state index in [4.69, 9.17) is 19.9 Å². The van der Waals surface area contributed by atoms with Crippen molar-refractivity contribution >= 4 is 17.6 Å². The fourth-order valence-corrected chi connectivity index (χ4v) is 3.25. The van der Waals surface area contributed by atoms with Crippen LogP contribution < -0.4 is 11.1 Å². The number of benzene rings is 1. The summed E-state index contributed by atoms with van der Waals surface area (Å²) in [4.78, 5) is 36.2. The van der Waals surface area contributed by atoms with Gasteiger partial charge in [-0.05, 0) is 19.4 Å². The SMILES string of the molecule is CCOC(=O)C1=C(COCCN)NC(C)=C(C(=O)OC)C1c1cccc([N+](=O)[O-])c1. The Hall–Kier alpha value is -3.24. The van der Waals surface area contributed by atoms with Gasteiger partial charge in [0.05, 0.1) is 54.6 Å². The quantitative estimate of drug-likeness (QED) is 0.263. The van der Waals surface area contributed by atoms with Gasteiger partial charge in [-0.2, -0.15) is 0 Å². The first-order valence-electron chi connectivity index (χ1n) is 9.34. The van der Waals surface area contributed by atoms with Gasteiger partial charge in [0.2, 0.25) is 0 Å². The second-order valence-electron chi connectivity index (χ2n) is 6.39. The van der Waals surface area contributed by atoms with Crippen molar-refractivity contribution in [2.75, 3.05) is 33.5 Å². The summed E-state index contributed by atoms with van der Waals surface area (Å²) >= 11 is 0. The number of dihydropyridines is 1. The Morgan fingerprint density at radius 1 is 1.27 bits per heavy atom. The number of nitrogens with two attached hydrogens (primary N) is 1. The lowest BCUT2D eigenvalue weighted by molar-refractivity contribution is -0.384. The molecule has 1 atom stereocenters. The molecule has 0 aromatic heterocycles. The van der Waals surface area contributed by atoms with Gasteiger partial charge in [0.15, 0.2) is 0 Å². The van der Waals surface area contributed by atoms with Gasteiger partial charge in [-0.3, -0.25) is 10.1 Å². The third kappa shape index (κ3) is 5.02. The number of nitrogens with one attached hydrogen (secondary N) is 1. The van der Waals surface area contributed by atoms with Gasteiger partial charge in [-0.25, -0.2) is 9.59 Å². The van der Waals surface area contributed by atoms with Crippen LogP contribution >= 0.6 is 0 Å². The molecule has 0 radical (unpaired) electrons. The summed E-state index contributed by atoms with van der Waals surface area (Å²) in [5, 5.41) is 14.3. The molecule has 1 aliphatic heterocycles. The average molecular weight is 419 g/mol. The number of ether oxygens (including phenoxy) is 3. The first kappa shape index (κ1) is 23.0. The molecule has 0 spiro atoms. The maximum atomic E-state index is 12.9. The Morgan fingerprint density at radius 2 is 2.00 bits per heavy atom. The van der Waals surface area contributed by atoms with Crippen molar-refractivity contribution in [3.8, 4) is 0 Å². The molecule has 1 aromatic carbocycles. The molecule has 1 aromatic rings. The van der Waals surface area contributed by atoms with Crippen molar-refractivity contribution in [2.45, 2.75) is 19.8 Å². The minimum atomic E-state index is -0.936. The van der Waals surface area contributed by atoms with Crippen LogP contribution in [0.25, 0.3) is 0 Å². The van der Waals surface area contributed by atoms with Crippen LogP contribution in [0, 0.1) is 10.1 Å². The number of hydrogen-bond donors (Lipinski definition) is 2. The lowest BCUT2D eigenvalue weighted by Crippen LogP contribution is -2.35. The van der Waals surface area contributed by atoms with Gasteiger partial charge in [-0.1, -0.05) is 12.1 Å². The van der Waals surface area contributed by atoms with Gasteiger partial charge in [-0.15, -0.1) is 0 Å². The van der Waals surface area contributed by atoms with Gasteiger partial charge >= 0.3 is 11.9 Å². The Labute approximate surface area is 173 Å². The zero-order valence-corrected chi connectivity index (χ0v) is 17.1. The molecule has 162 valence electrons. The maximum Gasteiger partial charge on any atom is 0.336 e. The standard InChI is InChI=1S/C20H25N3O7/c1-4-30-20(25)18-15(11-29-9-8-21)22-12(2)16(19(24)28-3)17(18)13-6-5-7-14(10-13)23(26)27/h5-7,10,17,22H,4,8-9,11,21H2,1-3H3. The Balaban J connectivity index is 2.70. The van der Waals surface area contributed by atoms with E-state index in [0.717, 1.165) is 0 Å². The highest BCUT2D eigenvalue weighted by molar-refractivity contribution is 6.00. The first-order chi connectivity index (χ1) is 14.3. The third-order valence-electron chi connectivity index (χ3n) is 4.47. The van der Waals surface area contributed by atoms with Crippen LogP contribution in [-0.4, -0.2) is 50.3 Å². The summed E-state index contributed by atoms with van der Waals surface area (Å²) in [5.74, 6) is -2.27. The number of nitro benzene ring substituents is 1. The number of nitro groups is 1. The molecule has 0 amide bonds. The minimum Gasteiger partial charge on any atom is -0.466 e. The number of non-ortho nitro benzene ring substituents is 1. The fourth-order valence-electron chi connectivity index (χ4n) is 3.25. The monoisotopic (exact) mass is 419 g/mol. The minimum absolute atomic E-state index is 0.0164. The number of methoxy groups -OCH3 is 1. The molecule has 0 saturated carbocycles. The summed E-state index contributed by atoms with van der Waals surface area (Å²) in [6.07, 6.45) is 0. The molecule has 0 saturated heterocycles. The number of rotatable bonds is 9. The molecule has 1 aliphatic rings. The van der Waals surface area contributed by atoms with Crippen LogP contribution in [0.2, 0.25) is 0 Å². The lowest BCUT2D eigenvalue weighted by Gasteiger charge is -2.31. The van der Waals surface area contributed by atoms with E-state index in [1.165, 1.54) is 25.3 Å². The molecule has 2 rings (SSSR count). The number of hydrogen-bond acceptors (Lipinski definition) is 9. The molecule has 1 unspecified atom stereocenters. The predicted molar refractivity (Wildman–Crippen MR) is 107 cm³/mol. The molecule has 0 bridgehead atoms. The van der Waals surface area contributed by atoms with Gasteiger partial charge < -0.3 is 25.3 Å². The van der Waals surface area contributed by atoms with Crippen LogP contribution in [0.1, 0.15) is 25.3 Å². The van der Waals surface area contributed by atoms with E-state index < -0.39 is 22.8 Å². The van der Waals surface area contributed by atoms with E-state index in [-0.39, 0.29) is 36.7 Å². The van der Waals surface area contributed by atoms with E-state index in [2.05, 4.69) is 5.32 Å². The maximum absolute atomic E-state index is 12.9. The lowest BCUT2D eigenvalue weighted by atomic mass is 9.80. The molecule has 30 heavy (non-hydrogen) atoms. The van der Waals surface area contributed by atoms with Gasteiger partial charge in [0.1, 0.15) is 0 Å². The normalized spacial score (nSPS) is 16.2. The van der Waals surface area contributed by atoms with E-state index in [9.17, 15) is 19.7 Å². The van der Waals surface area contributed by atoms with Crippen molar-refractivity contribution in [3.05, 3.63) is 62.5 Å². The van der Waals surface area contributed by atoms with Crippen molar-refractivity contribution in [3.63, 3.8) is 0 Å². The summed E-state index contributed by atoms with van der Waals surface area (Å²) in [6, 6.07) is 5.76. The molecule has 0 fully saturated rings. The summed E-state index contributed by atoms with van der Waals surface area (Å²) in [5.41, 5.74) is 6.80. The Bertz CT molecular complexity index is 892. The summed E-state index contributed by atoms with van der Waals surface area (Å²) in [7, 11) is 1.22. The highest BCUT2D eigenvalue weighted by Gasteiger charge is 2.39. The predicted octanol–water partition coefficient (Wildman–Crippen LogP) is 1.52. The van der Waals surface area contributed by atoms with Crippen molar-refractivity contribution in [1.29, 1.82) is 0 Å². The van der Waals surface area contributed by atoms with E-state index >= 15 is 0 Å². The number of carbonyl (C=O) groups is 2. The zero-order chi connectivity index (χ0) is 22.3. The third-order valence-corrected chi connectivity index (χ3v) is 4.47. The molecular weight excluding hydrogens is 394 g/mol. The van der Waals surface area contributed by atoms with Crippen molar-refractivity contribution in [1.82, 2.24) is 5.32 Å². The second kappa shape index (κ2) is 10.5. The van der Waals surface area contributed by atoms with Crippen LogP contribution in [-0.2, 0) is 23.8 Å². The largest absolute Gasteiger partial charge is 0.466 e. The Kier molecular flexibility index (Phi) is 8.07. The summed E-state index contributed by atoms with van der Waals surface area (Å²) < 4.78 is 15.6. The molecular formula is C20H25N3O7. The number of allylic oxidation sites excluding steroid dienone is 1. The molecule has 0 aliphatic carbocycles. The van der Waals surface area contributed by atoms with Crippen LogP contribution in [0.5, 0.6) is 0 Å². The van der Waals surface area contributed by atoms with Crippen molar-refractivity contribution in [2.24, 2.45) is 5.73 Å². The number of carbonyl (C=O) groups excluding carboxylic acids is 2. The van der Waals surface area contributed by atoms with E-state index in [1.54, 1.807) is 19.9 Å². The smallest absolute Gasteiger partial charge is 0.336 e. The highest BCUT2D eigenvalue weighted by Crippen LogP contribution is 2.40. The van der Waals surface area contributed by atoms with Crippen LogP contribution in [0.3, 0.4) is 0 Å². The average Bonchev–Trinajstić information content (AvgIpc) is 2.73. The van der Waals surface area contributed by atoms with Gasteiger partial charge in [0, 0.05) is 24.4 Å². The Morgan fingerprint density at radius 3 is 2.60 bits per heavy atom. The fraction of sp³-hybridized carbons (Fsp3) is 0.400. The van der Waals surface area contributed by atoms with Gasteiger partial charge in [0.25, 0.3) is 5.69 Å². The second-order valence-corrected chi connectivity index (χ2v) is 6.39. The molecule has 10 heteroatoms. The van der Waals surface area contributed by atoms with Crippen molar-refractivity contribution < 1.29 is 28.7 Å². The molecule has 10 nitrogen and oxygen atoms in total. The molecule has 1 heterocycles. The number of nitrogens with zero attached hydrogens (tertiary/aromatic N) is 1.